The first-order valence-electron chi connectivity index (χ1n) is 3.62. The molecule has 2 aliphatic rings. The van der Waals surface area contributed by atoms with Gasteiger partial charge in [-0.3, -0.25) is 0 Å². The van der Waals surface area contributed by atoms with Crippen LogP contribution in [0.3, 0.4) is 0 Å². The largest absolute Gasteiger partial charge is 0.311 e. The molecule has 8 heavy (non-hydrogen) atoms. The summed E-state index contributed by atoms with van der Waals surface area (Å²) in [5.41, 5.74) is 0. The third-order valence-electron chi connectivity index (χ3n) is 2.68. The van der Waals surface area contributed by atoms with Gasteiger partial charge in [-0.15, -0.1) is 0 Å². The van der Waals surface area contributed by atoms with Gasteiger partial charge >= 0.3 is 0 Å². The highest BCUT2D eigenvalue weighted by atomic mass is 15.0. The number of fused-ring (bicyclic) bond motifs is 2. The van der Waals surface area contributed by atoms with Gasteiger partial charge in [0.05, 0.1) is 0 Å². The predicted molar refractivity (Wildman–Crippen MR) is 33.7 cm³/mol. The van der Waals surface area contributed by atoms with Crippen LogP contribution in [0.5, 0.6) is 0 Å². The van der Waals surface area contributed by atoms with Gasteiger partial charge in [0.1, 0.15) is 0 Å². The molecule has 1 heterocycles. The zero-order chi connectivity index (χ0) is 5.56. The molecule has 0 aromatic heterocycles. The fourth-order valence-electron chi connectivity index (χ4n) is 2.13. The molecule has 3 atom stereocenters. The average molecular weight is 111 g/mol. The highest BCUT2D eigenvalue weighted by molar-refractivity contribution is 4.94. The van der Waals surface area contributed by atoms with Crippen molar-refractivity contribution < 1.29 is 0 Å². The van der Waals surface area contributed by atoms with Gasteiger partial charge in [-0.25, -0.2) is 0 Å². The van der Waals surface area contributed by atoms with Crippen LogP contribution in [0.2, 0.25) is 0 Å². The second-order valence-corrected chi connectivity index (χ2v) is 3.23. The van der Waals surface area contributed by atoms with Crippen LogP contribution < -0.4 is 5.32 Å². The molecule has 1 saturated carbocycles. The Morgan fingerprint density at radius 3 is 2.50 bits per heavy atom. The van der Waals surface area contributed by atoms with E-state index in [0.29, 0.717) is 0 Å². The highest BCUT2D eigenvalue weighted by Crippen LogP contribution is 2.34. The van der Waals surface area contributed by atoms with Crippen molar-refractivity contribution in [3.63, 3.8) is 0 Å². The first-order chi connectivity index (χ1) is 3.86. The minimum absolute atomic E-state index is 0.828. The highest BCUT2D eigenvalue weighted by Gasteiger charge is 2.35. The third-order valence-corrected chi connectivity index (χ3v) is 2.68. The molecule has 1 aliphatic carbocycles. The number of piperidine rings is 1. The van der Waals surface area contributed by atoms with Gasteiger partial charge in [0.15, 0.2) is 0 Å². The van der Waals surface area contributed by atoms with E-state index in [1.165, 1.54) is 19.3 Å². The fraction of sp³-hybridized carbons (Fsp3) is 1.00. The zero-order valence-corrected chi connectivity index (χ0v) is 5.35. The Kier molecular flexibility index (Phi) is 0.884. The summed E-state index contributed by atoms with van der Waals surface area (Å²) < 4.78 is 0. The molecule has 2 fully saturated rings. The maximum Gasteiger partial charge on any atom is 0.00729 e. The lowest BCUT2D eigenvalue weighted by Crippen LogP contribution is -2.32. The van der Waals surface area contributed by atoms with Gasteiger partial charge in [-0.05, 0) is 32.1 Å². The second kappa shape index (κ2) is 1.47. The first kappa shape index (κ1) is 4.80. The van der Waals surface area contributed by atoms with Crippen LogP contribution in [0.15, 0.2) is 0 Å². The van der Waals surface area contributed by atoms with Crippen LogP contribution in [0, 0.1) is 5.92 Å². The molecule has 0 spiro atoms. The van der Waals surface area contributed by atoms with Gasteiger partial charge in [0.25, 0.3) is 0 Å². The lowest BCUT2D eigenvalue weighted by Gasteiger charge is -2.17. The lowest BCUT2D eigenvalue weighted by molar-refractivity contribution is 0.405. The van der Waals surface area contributed by atoms with Crippen molar-refractivity contribution in [3.05, 3.63) is 0 Å². The molecule has 2 bridgehead atoms. The Morgan fingerprint density at radius 1 is 1.38 bits per heavy atom. The summed E-state index contributed by atoms with van der Waals surface area (Å²) in [6.45, 7) is 2.31. The van der Waals surface area contributed by atoms with Crippen LogP contribution in [-0.2, 0) is 0 Å². The van der Waals surface area contributed by atoms with Crippen LogP contribution in [0.25, 0.3) is 0 Å². The summed E-state index contributed by atoms with van der Waals surface area (Å²) in [6, 6.07) is 1.73. The standard InChI is InChI=1S/C7H13N/c1-5-6-2-3-7(4-6)8-5/h5-8H,2-4H2,1H3/t5-,6-,7+/m1/s1. The molecule has 0 aromatic rings. The van der Waals surface area contributed by atoms with Crippen molar-refractivity contribution in [2.45, 2.75) is 38.3 Å². The van der Waals surface area contributed by atoms with E-state index in [1.54, 1.807) is 0 Å². The molecule has 0 amide bonds. The molecule has 46 valence electrons. The van der Waals surface area contributed by atoms with Crippen molar-refractivity contribution in [3.8, 4) is 0 Å². The molecule has 1 aliphatic heterocycles. The van der Waals surface area contributed by atoms with Crippen molar-refractivity contribution >= 4 is 0 Å². The number of hydrogen-bond acceptors (Lipinski definition) is 1. The molecule has 1 nitrogen and oxygen atoms in total. The van der Waals surface area contributed by atoms with Gasteiger partial charge in [0, 0.05) is 12.1 Å². The zero-order valence-electron chi connectivity index (χ0n) is 5.35. The van der Waals surface area contributed by atoms with Crippen LogP contribution in [0.4, 0.5) is 0 Å². The summed E-state index contributed by atoms with van der Waals surface area (Å²) in [5, 5.41) is 3.55. The number of hydrogen-bond donors (Lipinski definition) is 1. The minimum atomic E-state index is 0.828. The van der Waals surface area contributed by atoms with Gasteiger partial charge < -0.3 is 5.32 Å². The maximum atomic E-state index is 3.55. The number of nitrogens with one attached hydrogen (secondary N) is 1. The Balaban J connectivity index is 2.11. The molecule has 2 rings (SSSR count). The second-order valence-electron chi connectivity index (χ2n) is 3.23. The van der Waals surface area contributed by atoms with E-state index in [9.17, 15) is 0 Å². The van der Waals surface area contributed by atoms with Crippen molar-refractivity contribution in [1.82, 2.24) is 5.32 Å². The molecule has 1 heteroatoms. The smallest absolute Gasteiger partial charge is 0.00729 e. The molecule has 1 N–H and O–H groups in total. The molecule has 0 unspecified atom stereocenters. The summed E-state index contributed by atoms with van der Waals surface area (Å²) in [7, 11) is 0. The Bertz CT molecular complexity index is 98.6. The predicted octanol–water partition coefficient (Wildman–Crippen LogP) is 1.15. The lowest BCUT2D eigenvalue weighted by atomic mass is 10.0. The topological polar surface area (TPSA) is 12.0 Å². The van der Waals surface area contributed by atoms with Gasteiger partial charge in [0.2, 0.25) is 0 Å². The number of rotatable bonds is 0. The van der Waals surface area contributed by atoms with E-state index < -0.39 is 0 Å². The van der Waals surface area contributed by atoms with Crippen molar-refractivity contribution in [1.29, 1.82) is 0 Å². The summed E-state index contributed by atoms with van der Waals surface area (Å²) in [6.07, 6.45) is 4.38. The maximum absolute atomic E-state index is 3.55. The van der Waals surface area contributed by atoms with E-state index in [0.717, 1.165) is 18.0 Å². The molecule has 1 saturated heterocycles. The van der Waals surface area contributed by atoms with E-state index in [-0.39, 0.29) is 0 Å². The molecule has 0 radical (unpaired) electrons. The molecular weight excluding hydrogens is 98.1 g/mol. The molecular formula is C7H13N. The van der Waals surface area contributed by atoms with Crippen LogP contribution in [0.1, 0.15) is 26.2 Å². The SMILES string of the molecule is C[C@H]1N[C@H]2CC[C@@H]1C2. The average Bonchev–Trinajstić information content (AvgIpc) is 2.23. The Morgan fingerprint density at radius 2 is 2.25 bits per heavy atom. The summed E-state index contributed by atoms with van der Waals surface area (Å²) >= 11 is 0. The third kappa shape index (κ3) is 0.510. The minimum Gasteiger partial charge on any atom is -0.311 e. The quantitative estimate of drug-likeness (QED) is 0.494. The first-order valence-corrected chi connectivity index (χ1v) is 3.62. The fourth-order valence-corrected chi connectivity index (χ4v) is 2.13. The van der Waals surface area contributed by atoms with Gasteiger partial charge in [-0.2, -0.15) is 0 Å². The van der Waals surface area contributed by atoms with Crippen molar-refractivity contribution in [2.24, 2.45) is 5.92 Å². The van der Waals surface area contributed by atoms with Crippen molar-refractivity contribution in [2.75, 3.05) is 0 Å². The van der Waals surface area contributed by atoms with Gasteiger partial charge in [-0.1, -0.05) is 0 Å². The Hall–Kier alpha value is -0.0400. The van der Waals surface area contributed by atoms with Crippen LogP contribution >= 0.6 is 0 Å². The Labute approximate surface area is 50.5 Å². The van der Waals surface area contributed by atoms with E-state index in [1.807, 2.05) is 0 Å². The van der Waals surface area contributed by atoms with E-state index in [4.69, 9.17) is 0 Å². The monoisotopic (exact) mass is 111 g/mol. The summed E-state index contributed by atoms with van der Waals surface area (Å²) in [4.78, 5) is 0. The van der Waals surface area contributed by atoms with E-state index >= 15 is 0 Å². The molecule has 0 aromatic carbocycles. The van der Waals surface area contributed by atoms with Crippen LogP contribution in [-0.4, -0.2) is 12.1 Å². The normalized spacial score (nSPS) is 52.9. The van der Waals surface area contributed by atoms with E-state index in [2.05, 4.69) is 12.2 Å². The summed E-state index contributed by atoms with van der Waals surface area (Å²) in [5.74, 6) is 1.03.